The van der Waals surface area contributed by atoms with Crippen molar-refractivity contribution < 1.29 is 0 Å². The van der Waals surface area contributed by atoms with Crippen LogP contribution in [0.3, 0.4) is 0 Å². The van der Waals surface area contributed by atoms with Crippen LogP contribution in [0.5, 0.6) is 0 Å². The van der Waals surface area contributed by atoms with E-state index < -0.39 is 0 Å². The topological polar surface area (TPSA) is 109 Å². The molecule has 0 aliphatic rings. The van der Waals surface area contributed by atoms with Crippen molar-refractivity contribution in [2.24, 2.45) is 0 Å². The van der Waals surface area contributed by atoms with Crippen LogP contribution < -0.4 is 0 Å². The molecule has 0 unspecified atom stereocenters. The molecule has 7 rings (SSSR count). The predicted molar refractivity (Wildman–Crippen MR) is 121 cm³/mol. The Morgan fingerprint density at radius 1 is 0.516 bits per heavy atom. The van der Waals surface area contributed by atoms with E-state index in [2.05, 4.69) is 18.7 Å². The summed E-state index contributed by atoms with van der Waals surface area (Å²) in [6.45, 7) is 0. The second-order valence-electron chi connectivity index (χ2n) is 7.19. The number of hydrogen-bond donors (Lipinski definition) is 2. The van der Waals surface area contributed by atoms with Crippen molar-refractivity contribution in [3.05, 3.63) is 60.7 Å². The molecule has 0 fully saturated rings. The smallest absolute Gasteiger partial charge is 0.159 e. The lowest BCUT2D eigenvalue weighted by Crippen LogP contribution is -1.98. The van der Waals surface area contributed by atoms with Crippen molar-refractivity contribution in [2.75, 3.05) is 0 Å². The zero-order valence-corrected chi connectivity index (χ0v) is 16.7. The van der Waals surface area contributed by atoms with Gasteiger partial charge in [0.15, 0.2) is 11.6 Å². The van der Waals surface area contributed by atoms with Crippen LogP contribution in [0.2, 0.25) is 0 Å². The van der Waals surface area contributed by atoms with Crippen LogP contribution in [-0.2, 0) is 0 Å². The number of H-pyrrole nitrogens is 2. The number of hydrogen-bond acceptors (Lipinski definition) is 7. The third-order valence-corrected chi connectivity index (χ3v) is 5.83. The van der Waals surface area contributed by atoms with E-state index in [1.165, 1.54) is 11.7 Å². The Morgan fingerprint density at radius 2 is 1.13 bits per heavy atom. The highest BCUT2D eigenvalue weighted by atomic mass is 32.1. The summed E-state index contributed by atoms with van der Waals surface area (Å²) in [6.07, 6.45) is 0. The van der Waals surface area contributed by atoms with Gasteiger partial charge >= 0.3 is 0 Å². The Kier molecular flexibility index (Phi) is 3.27. The molecule has 31 heavy (non-hydrogen) atoms. The minimum atomic E-state index is 0.614. The molecule has 0 spiro atoms. The minimum absolute atomic E-state index is 0.614. The number of para-hydroxylation sites is 4. The number of imidazole rings is 2. The first-order valence-corrected chi connectivity index (χ1v) is 10.4. The fourth-order valence-electron chi connectivity index (χ4n) is 3.83. The van der Waals surface area contributed by atoms with Gasteiger partial charge in [0.2, 0.25) is 0 Å². The monoisotopic (exact) mass is 420 g/mol. The largest absolute Gasteiger partial charge is 0.337 e. The van der Waals surface area contributed by atoms with Crippen LogP contribution in [0, 0.1) is 0 Å². The fourth-order valence-corrected chi connectivity index (χ4v) is 4.36. The molecule has 0 aliphatic heterocycles. The van der Waals surface area contributed by atoms with Crippen LogP contribution in [0.4, 0.5) is 0 Å². The maximum Gasteiger partial charge on any atom is 0.159 e. The van der Waals surface area contributed by atoms with Crippen LogP contribution >= 0.6 is 11.7 Å². The zero-order valence-electron chi connectivity index (χ0n) is 15.9. The van der Waals surface area contributed by atoms with Gasteiger partial charge in [0, 0.05) is 0 Å². The van der Waals surface area contributed by atoms with Crippen LogP contribution in [-0.4, -0.2) is 38.7 Å². The van der Waals surface area contributed by atoms with E-state index in [9.17, 15) is 0 Å². The summed E-state index contributed by atoms with van der Waals surface area (Å²) in [7, 11) is 0. The van der Waals surface area contributed by atoms with Gasteiger partial charge in [-0.15, -0.1) is 0 Å². The number of rotatable bonds is 2. The highest BCUT2D eigenvalue weighted by Gasteiger charge is 2.20. The van der Waals surface area contributed by atoms with Gasteiger partial charge in [-0.2, -0.15) is 8.75 Å². The van der Waals surface area contributed by atoms with Crippen molar-refractivity contribution in [1.82, 2.24) is 38.7 Å². The first kappa shape index (κ1) is 16.5. The van der Waals surface area contributed by atoms with Crippen molar-refractivity contribution in [2.45, 2.75) is 0 Å². The molecule has 0 saturated heterocycles. The summed E-state index contributed by atoms with van der Waals surface area (Å²) in [5.74, 6) is 1.27. The normalized spacial score (nSPS) is 11.9. The van der Waals surface area contributed by atoms with Crippen molar-refractivity contribution in [3.63, 3.8) is 0 Å². The quantitative estimate of drug-likeness (QED) is 0.419. The molecule has 7 aromatic rings. The Morgan fingerprint density at radius 3 is 1.81 bits per heavy atom. The maximum absolute atomic E-state index is 4.98. The molecular weight excluding hydrogens is 408 g/mol. The Bertz CT molecular complexity index is 1690. The molecule has 0 aliphatic carbocycles. The molecule has 146 valence electrons. The molecule has 4 heterocycles. The average Bonchev–Trinajstić information content (AvgIpc) is 3.55. The van der Waals surface area contributed by atoms with E-state index >= 15 is 0 Å². The Labute approximate surface area is 178 Å². The summed E-state index contributed by atoms with van der Waals surface area (Å²) in [4.78, 5) is 26.2. The van der Waals surface area contributed by atoms with Gasteiger partial charge in [-0.3, -0.25) is 0 Å². The SMILES string of the molecule is c1ccc2[nH]c(-c3nc4ccc5nsnc5c4nc3-c3nc4ccccc4[nH]3)nc2c1. The van der Waals surface area contributed by atoms with Gasteiger partial charge in [-0.1, -0.05) is 24.3 Å². The van der Waals surface area contributed by atoms with Crippen LogP contribution in [0.1, 0.15) is 0 Å². The third kappa shape index (κ3) is 2.47. The van der Waals surface area contributed by atoms with Gasteiger partial charge in [0.25, 0.3) is 0 Å². The Balaban J connectivity index is 1.58. The number of aromatic amines is 2. The third-order valence-electron chi connectivity index (χ3n) is 5.29. The predicted octanol–water partition coefficient (Wildman–Crippen LogP) is 4.72. The number of nitrogens with zero attached hydrogens (tertiary/aromatic N) is 6. The lowest BCUT2D eigenvalue weighted by atomic mass is 10.2. The average molecular weight is 420 g/mol. The molecule has 0 saturated carbocycles. The fraction of sp³-hybridized carbons (Fsp3) is 0. The number of fused-ring (bicyclic) bond motifs is 5. The lowest BCUT2D eigenvalue weighted by molar-refractivity contribution is 1.19. The Hall–Kier alpha value is -4.24. The second kappa shape index (κ2) is 6.13. The molecule has 9 heteroatoms. The summed E-state index contributed by atoms with van der Waals surface area (Å²) >= 11 is 1.17. The number of nitrogens with one attached hydrogen (secondary N) is 2. The van der Waals surface area contributed by atoms with E-state index in [1.807, 2.05) is 60.7 Å². The standard InChI is InChI=1S/C22H12N8S/c1-2-6-12-11(5-1)24-21(25-12)19-20(22-26-13-7-3-4-8-14(13)27-22)28-17-15(23-19)9-10-16-18(17)30-31-29-16/h1-10H,(H,24,25)(H,26,27). The second-order valence-corrected chi connectivity index (χ2v) is 7.72. The van der Waals surface area contributed by atoms with Crippen molar-refractivity contribution in [3.8, 4) is 23.0 Å². The molecule has 0 amide bonds. The molecule has 8 nitrogen and oxygen atoms in total. The molecule has 3 aromatic carbocycles. The molecule has 0 radical (unpaired) electrons. The van der Waals surface area contributed by atoms with E-state index in [1.54, 1.807) is 0 Å². The number of benzene rings is 3. The first-order valence-electron chi connectivity index (χ1n) is 9.67. The lowest BCUT2D eigenvalue weighted by Gasteiger charge is -2.06. The van der Waals surface area contributed by atoms with Gasteiger partial charge in [-0.25, -0.2) is 19.9 Å². The minimum Gasteiger partial charge on any atom is -0.337 e. The maximum atomic E-state index is 4.98. The van der Waals surface area contributed by atoms with Gasteiger partial charge in [0.1, 0.15) is 27.9 Å². The summed E-state index contributed by atoms with van der Waals surface area (Å²) in [5, 5.41) is 0. The van der Waals surface area contributed by atoms with Crippen molar-refractivity contribution in [1.29, 1.82) is 0 Å². The highest BCUT2D eigenvalue weighted by molar-refractivity contribution is 7.00. The van der Waals surface area contributed by atoms with E-state index in [0.29, 0.717) is 28.6 Å². The van der Waals surface area contributed by atoms with Gasteiger partial charge in [-0.05, 0) is 36.4 Å². The van der Waals surface area contributed by atoms with E-state index in [-0.39, 0.29) is 0 Å². The van der Waals surface area contributed by atoms with Crippen LogP contribution in [0.15, 0.2) is 60.7 Å². The first-order chi connectivity index (χ1) is 15.3. The molecule has 0 bridgehead atoms. The van der Waals surface area contributed by atoms with E-state index in [4.69, 9.17) is 19.9 Å². The molecular formula is C22H12N8S. The molecule has 4 aromatic heterocycles. The summed E-state index contributed by atoms with van der Waals surface area (Å²) < 4.78 is 8.77. The summed E-state index contributed by atoms with van der Waals surface area (Å²) in [6, 6.07) is 19.6. The van der Waals surface area contributed by atoms with E-state index in [0.717, 1.165) is 38.6 Å². The molecule has 0 atom stereocenters. The summed E-state index contributed by atoms with van der Waals surface area (Å²) in [5.41, 5.74) is 7.82. The number of aromatic nitrogens is 8. The highest BCUT2D eigenvalue weighted by Crippen LogP contribution is 2.32. The molecule has 2 N–H and O–H groups in total. The van der Waals surface area contributed by atoms with Crippen LogP contribution in [0.25, 0.3) is 67.2 Å². The van der Waals surface area contributed by atoms with Crippen molar-refractivity contribution >= 4 is 55.9 Å². The van der Waals surface area contributed by atoms with Gasteiger partial charge < -0.3 is 9.97 Å². The zero-order chi connectivity index (χ0) is 20.4. The van der Waals surface area contributed by atoms with Gasteiger partial charge in [0.05, 0.1) is 39.3 Å².